The van der Waals surface area contributed by atoms with Gasteiger partial charge in [-0.3, -0.25) is 9.59 Å². The van der Waals surface area contributed by atoms with Gasteiger partial charge in [0.1, 0.15) is 0 Å². The fraction of sp³-hybridized carbons (Fsp3) is 0.273. The molecule has 0 saturated carbocycles. The van der Waals surface area contributed by atoms with Crippen LogP contribution in [0.3, 0.4) is 0 Å². The molecule has 0 N–H and O–H groups in total. The Morgan fingerprint density at radius 1 is 1.40 bits per heavy atom. The van der Waals surface area contributed by atoms with Crippen LogP contribution in [-0.4, -0.2) is 11.9 Å². The average Bonchev–Trinajstić information content (AvgIpc) is 2.50. The molecular weight excluding hydrogens is 260 g/mol. The molecule has 78 valence electrons. The summed E-state index contributed by atoms with van der Waals surface area (Å²) in [6, 6.07) is 5.61. The Morgan fingerprint density at radius 2 is 2.13 bits per heavy atom. The van der Waals surface area contributed by atoms with Gasteiger partial charge in [-0.25, -0.2) is 0 Å². The van der Waals surface area contributed by atoms with Crippen LogP contribution in [0.15, 0.2) is 22.7 Å². The lowest BCUT2D eigenvalue weighted by Gasteiger charge is -2.09. The minimum Gasteiger partial charge on any atom is -0.393 e. The number of rotatable bonds is 1. The first-order valence-corrected chi connectivity index (χ1v) is 5.38. The molecule has 2 rings (SSSR count). The normalized spacial score (nSPS) is 20.5. The Balaban J connectivity index is 2.42. The lowest BCUT2D eigenvalue weighted by atomic mass is 9.94. The lowest BCUT2D eigenvalue weighted by molar-refractivity contribution is -0.152. The third kappa shape index (κ3) is 1.81. The number of halogens is 1. The monoisotopic (exact) mass is 268 g/mol. The molecule has 1 aromatic carbocycles. The molecule has 0 spiro atoms. The molecule has 0 aromatic heterocycles. The van der Waals surface area contributed by atoms with Crippen LogP contribution in [0.5, 0.6) is 0 Å². The van der Waals surface area contributed by atoms with E-state index in [1.807, 2.05) is 25.1 Å². The van der Waals surface area contributed by atoms with Gasteiger partial charge in [0.2, 0.25) is 0 Å². The zero-order chi connectivity index (χ0) is 11.0. The molecule has 3 nitrogen and oxygen atoms in total. The van der Waals surface area contributed by atoms with Gasteiger partial charge < -0.3 is 4.74 Å². The molecule has 1 aromatic rings. The summed E-state index contributed by atoms with van der Waals surface area (Å²) >= 11 is 3.39. The largest absolute Gasteiger partial charge is 0.393 e. The van der Waals surface area contributed by atoms with Gasteiger partial charge in [-0.15, -0.1) is 0 Å². The third-order valence-corrected chi connectivity index (χ3v) is 3.41. The molecule has 0 radical (unpaired) electrons. The number of carbonyl (C=O) groups excluding carboxylic acids is 2. The molecule has 1 saturated heterocycles. The van der Waals surface area contributed by atoms with Crippen LogP contribution in [0.2, 0.25) is 0 Å². The number of hydrogen-bond donors (Lipinski definition) is 0. The van der Waals surface area contributed by atoms with E-state index < -0.39 is 17.9 Å². The van der Waals surface area contributed by atoms with E-state index in [9.17, 15) is 9.59 Å². The smallest absolute Gasteiger partial charge is 0.321 e. The van der Waals surface area contributed by atoms with Gasteiger partial charge in [0.25, 0.3) is 0 Å². The highest BCUT2D eigenvalue weighted by Crippen LogP contribution is 2.32. The van der Waals surface area contributed by atoms with Crippen molar-refractivity contribution in [2.24, 2.45) is 0 Å². The predicted octanol–water partition coefficient (Wildman–Crippen LogP) is 2.31. The molecule has 1 unspecified atom stereocenters. The minimum atomic E-state index is -0.443. The molecule has 0 aliphatic carbocycles. The van der Waals surface area contributed by atoms with E-state index in [-0.39, 0.29) is 6.42 Å². The van der Waals surface area contributed by atoms with E-state index in [2.05, 4.69) is 20.7 Å². The van der Waals surface area contributed by atoms with E-state index in [0.717, 1.165) is 15.6 Å². The van der Waals surface area contributed by atoms with Crippen molar-refractivity contribution < 1.29 is 14.3 Å². The van der Waals surface area contributed by atoms with Crippen molar-refractivity contribution in [2.45, 2.75) is 19.3 Å². The molecule has 15 heavy (non-hydrogen) atoms. The molecule has 0 amide bonds. The Kier molecular flexibility index (Phi) is 2.61. The SMILES string of the molecule is Cc1c(Br)cccc1C1CC(=O)OC1=O. The van der Waals surface area contributed by atoms with Crippen molar-refractivity contribution in [1.82, 2.24) is 0 Å². The quantitative estimate of drug-likeness (QED) is 0.580. The van der Waals surface area contributed by atoms with Crippen molar-refractivity contribution in [3.8, 4) is 0 Å². The van der Waals surface area contributed by atoms with E-state index in [1.165, 1.54) is 0 Å². The number of ether oxygens (including phenoxy) is 1. The van der Waals surface area contributed by atoms with Crippen LogP contribution < -0.4 is 0 Å². The molecule has 1 heterocycles. The second-order valence-electron chi connectivity index (χ2n) is 3.50. The Morgan fingerprint density at radius 3 is 2.73 bits per heavy atom. The molecule has 0 bridgehead atoms. The van der Waals surface area contributed by atoms with Crippen LogP contribution in [0, 0.1) is 6.92 Å². The van der Waals surface area contributed by atoms with Gasteiger partial charge >= 0.3 is 11.9 Å². The molecule has 1 atom stereocenters. The van der Waals surface area contributed by atoms with Gasteiger partial charge in [0.15, 0.2) is 0 Å². The van der Waals surface area contributed by atoms with Crippen molar-refractivity contribution in [2.75, 3.05) is 0 Å². The minimum absolute atomic E-state index is 0.149. The van der Waals surface area contributed by atoms with E-state index >= 15 is 0 Å². The van der Waals surface area contributed by atoms with Crippen LogP contribution in [0.1, 0.15) is 23.5 Å². The summed E-state index contributed by atoms with van der Waals surface area (Å²) in [6.07, 6.45) is 0.149. The Hall–Kier alpha value is -1.16. The summed E-state index contributed by atoms with van der Waals surface area (Å²) < 4.78 is 5.47. The first-order valence-electron chi connectivity index (χ1n) is 4.59. The molecule has 1 fully saturated rings. The molecule has 1 aliphatic rings. The first kappa shape index (κ1) is 10.4. The topological polar surface area (TPSA) is 43.4 Å². The molecule has 1 aliphatic heterocycles. The summed E-state index contributed by atoms with van der Waals surface area (Å²) in [4.78, 5) is 22.4. The van der Waals surface area contributed by atoms with Crippen LogP contribution in [-0.2, 0) is 14.3 Å². The second kappa shape index (κ2) is 3.77. The van der Waals surface area contributed by atoms with Crippen LogP contribution in [0.25, 0.3) is 0 Å². The fourth-order valence-corrected chi connectivity index (χ4v) is 2.10. The van der Waals surface area contributed by atoms with Gasteiger partial charge in [-0.05, 0) is 24.1 Å². The maximum absolute atomic E-state index is 11.4. The summed E-state index contributed by atoms with van der Waals surface area (Å²) in [7, 11) is 0. The Bertz CT molecular complexity index is 439. The number of benzene rings is 1. The Labute approximate surface area is 95.6 Å². The summed E-state index contributed by atoms with van der Waals surface area (Å²) in [6.45, 7) is 1.91. The lowest BCUT2D eigenvalue weighted by Crippen LogP contribution is -2.07. The van der Waals surface area contributed by atoms with Crippen molar-refractivity contribution in [3.63, 3.8) is 0 Å². The third-order valence-electron chi connectivity index (χ3n) is 2.55. The van der Waals surface area contributed by atoms with Gasteiger partial charge in [-0.2, -0.15) is 0 Å². The van der Waals surface area contributed by atoms with E-state index in [0.29, 0.717) is 0 Å². The van der Waals surface area contributed by atoms with Gasteiger partial charge in [0.05, 0.1) is 12.3 Å². The number of cyclic esters (lactones) is 2. The first-order chi connectivity index (χ1) is 7.09. The molecular formula is C11H9BrO3. The van der Waals surface area contributed by atoms with E-state index in [4.69, 9.17) is 0 Å². The van der Waals surface area contributed by atoms with Crippen molar-refractivity contribution in [1.29, 1.82) is 0 Å². The maximum Gasteiger partial charge on any atom is 0.321 e. The summed E-state index contributed by atoms with van der Waals surface area (Å²) in [5, 5.41) is 0. The zero-order valence-corrected chi connectivity index (χ0v) is 9.71. The maximum atomic E-state index is 11.4. The zero-order valence-electron chi connectivity index (χ0n) is 8.12. The summed E-state index contributed by atoms with van der Waals surface area (Å²) in [5.41, 5.74) is 1.84. The van der Waals surface area contributed by atoms with Crippen LogP contribution >= 0.6 is 15.9 Å². The number of esters is 2. The second-order valence-corrected chi connectivity index (χ2v) is 4.36. The van der Waals surface area contributed by atoms with Gasteiger partial charge in [-0.1, -0.05) is 28.1 Å². The fourth-order valence-electron chi connectivity index (χ4n) is 1.71. The highest BCUT2D eigenvalue weighted by atomic mass is 79.9. The van der Waals surface area contributed by atoms with Crippen LogP contribution in [0.4, 0.5) is 0 Å². The van der Waals surface area contributed by atoms with E-state index in [1.54, 1.807) is 0 Å². The predicted molar refractivity (Wildman–Crippen MR) is 57.3 cm³/mol. The number of hydrogen-bond acceptors (Lipinski definition) is 3. The van der Waals surface area contributed by atoms with Crippen molar-refractivity contribution in [3.05, 3.63) is 33.8 Å². The number of carbonyl (C=O) groups is 2. The standard InChI is InChI=1S/C11H9BrO3/c1-6-7(3-2-4-9(6)12)8-5-10(13)15-11(8)14/h2-4,8H,5H2,1H3. The molecule has 4 heteroatoms. The highest BCUT2D eigenvalue weighted by Gasteiger charge is 2.35. The summed E-state index contributed by atoms with van der Waals surface area (Å²) in [5.74, 6) is -1.32. The highest BCUT2D eigenvalue weighted by molar-refractivity contribution is 9.10. The van der Waals surface area contributed by atoms with Gasteiger partial charge in [0, 0.05) is 4.47 Å². The average molecular weight is 269 g/mol. The van der Waals surface area contributed by atoms with Crippen molar-refractivity contribution >= 4 is 27.9 Å².